The predicted octanol–water partition coefficient (Wildman–Crippen LogP) is 4.08. The highest BCUT2D eigenvalue weighted by atomic mass is 16.5. The lowest BCUT2D eigenvalue weighted by molar-refractivity contribution is -0.136. The standard InChI is InChI=1S/C23H26N6O/c1-23(14-30-15-23)27-7-5-16(6-8-27)20-10-22-17(9-21(20)24-2)11-26-29(22)19-12-25-28(13-19)18-3-4-18/h9-13,16,18H,3-8,14-15H2,1H3. The third-order valence-electron chi connectivity index (χ3n) is 7.11. The van der Waals surface area contributed by atoms with Crippen molar-refractivity contribution in [2.24, 2.45) is 0 Å². The SMILES string of the molecule is [C-]#[N+]c1cc2cnn(-c3cnn(C4CC4)c3)c2cc1C1CCN(C2(C)COC2)CC1. The van der Waals surface area contributed by atoms with Crippen LogP contribution in [-0.4, -0.2) is 56.3 Å². The van der Waals surface area contributed by atoms with Crippen molar-refractivity contribution in [2.75, 3.05) is 26.3 Å². The van der Waals surface area contributed by atoms with E-state index in [1.807, 2.05) is 23.1 Å². The van der Waals surface area contributed by atoms with E-state index in [2.05, 4.69) is 43.8 Å². The van der Waals surface area contributed by atoms with Gasteiger partial charge in [0.1, 0.15) is 5.69 Å². The largest absolute Gasteiger partial charge is 0.377 e. The molecule has 2 saturated heterocycles. The first-order valence-electron chi connectivity index (χ1n) is 10.9. The maximum absolute atomic E-state index is 7.74. The van der Waals surface area contributed by atoms with Crippen molar-refractivity contribution in [3.63, 3.8) is 0 Å². The monoisotopic (exact) mass is 402 g/mol. The highest BCUT2D eigenvalue weighted by Gasteiger charge is 2.41. The van der Waals surface area contributed by atoms with Gasteiger partial charge in [0.2, 0.25) is 0 Å². The van der Waals surface area contributed by atoms with Gasteiger partial charge >= 0.3 is 0 Å². The van der Waals surface area contributed by atoms with Gasteiger partial charge in [0, 0.05) is 5.39 Å². The van der Waals surface area contributed by atoms with Crippen LogP contribution in [0.3, 0.4) is 0 Å². The first kappa shape index (κ1) is 18.1. The number of likely N-dealkylation sites (tertiary alicyclic amines) is 1. The van der Waals surface area contributed by atoms with E-state index in [4.69, 9.17) is 11.3 Å². The summed E-state index contributed by atoms with van der Waals surface area (Å²) in [4.78, 5) is 6.44. The zero-order valence-corrected chi connectivity index (χ0v) is 17.3. The van der Waals surface area contributed by atoms with E-state index in [0.717, 1.165) is 61.4 Å². The molecule has 0 amide bonds. The van der Waals surface area contributed by atoms with Crippen LogP contribution in [0.4, 0.5) is 5.69 Å². The van der Waals surface area contributed by atoms with Crippen molar-refractivity contribution in [3.8, 4) is 5.69 Å². The Morgan fingerprint density at radius 2 is 1.90 bits per heavy atom. The number of piperidine rings is 1. The van der Waals surface area contributed by atoms with E-state index in [1.54, 1.807) is 0 Å². The fourth-order valence-corrected chi connectivity index (χ4v) is 4.99. The molecule has 2 aromatic heterocycles. The quantitative estimate of drug-likeness (QED) is 0.617. The molecule has 30 heavy (non-hydrogen) atoms. The Bertz CT molecular complexity index is 1140. The molecule has 154 valence electrons. The summed E-state index contributed by atoms with van der Waals surface area (Å²) in [6, 6.07) is 4.77. The fraction of sp³-hybridized carbons (Fsp3) is 0.522. The smallest absolute Gasteiger partial charge is 0.191 e. The average molecular weight is 403 g/mol. The van der Waals surface area contributed by atoms with E-state index in [9.17, 15) is 0 Å². The summed E-state index contributed by atoms with van der Waals surface area (Å²) in [6.45, 7) is 13.8. The molecule has 0 atom stereocenters. The Morgan fingerprint density at radius 3 is 2.57 bits per heavy atom. The van der Waals surface area contributed by atoms with Crippen molar-refractivity contribution in [2.45, 2.75) is 50.1 Å². The maximum Gasteiger partial charge on any atom is 0.191 e. The van der Waals surface area contributed by atoms with E-state index in [1.165, 1.54) is 18.4 Å². The van der Waals surface area contributed by atoms with Crippen molar-refractivity contribution in [1.82, 2.24) is 24.5 Å². The van der Waals surface area contributed by atoms with E-state index in [-0.39, 0.29) is 5.54 Å². The zero-order valence-electron chi connectivity index (χ0n) is 17.3. The Kier molecular flexibility index (Phi) is 4.02. The summed E-state index contributed by atoms with van der Waals surface area (Å²) in [6.07, 6.45) is 10.4. The molecule has 7 nitrogen and oxygen atoms in total. The van der Waals surface area contributed by atoms with Gasteiger partial charge in [0.15, 0.2) is 5.69 Å². The number of nitrogens with zero attached hydrogens (tertiary/aromatic N) is 6. The third kappa shape index (κ3) is 2.86. The van der Waals surface area contributed by atoms with Crippen molar-refractivity contribution < 1.29 is 4.74 Å². The number of ether oxygens (including phenoxy) is 1. The van der Waals surface area contributed by atoms with Gasteiger partial charge in [-0.3, -0.25) is 9.58 Å². The Hall–Kier alpha value is -2.69. The minimum atomic E-state index is 0.206. The zero-order chi connectivity index (χ0) is 20.3. The van der Waals surface area contributed by atoms with Crippen LogP contribution in [-0.2, 0) is 4.74 Å². The van der Waals surface area contributed by atoms with Crippen molar-refractivity contribution in [1.29, 1.82) is 0 Å². The number of rotatable bonds is 4. The fourth-order valence-electron chi connectivity index (χ4n) is 4.99. The molecule has 1 aromatic carbocycles. The Balaban J connectivity index is 1.32. The van der Waals surface area contributed by atoms with Crippen LogP contribution in [0, 0.1) is 6.57 Å². The first-order chi connectivity index (χ1) is 14.6. The van der Waals surface area contributed by atoms with Gasteiger partial charge in [0.25, 0.3) is 0 Å². The van der Waals surface area contributed by atoms with Crippen LogP contribution in [0.1, 0.15) is 50.1 Å². The lowest BCUT2D eigenvalue weighted by Gasteiger charge is -2.50. The molecule has 1 aliphatic carbocycles. The summed E-state index contributed by atoms with van der Waals surface area (Å²) >= 11 is 0. The summed E-state index contributed by atoms with van der Waals surface area (Å²) in [5, 5.41) is 10.2. The predicted molar refractivity (Wildman–Crippen MR) is 114 cm³/mol. The summed E-state index contributed by atoms with van der Waals surface area (Å²) < 4.78 is 9.48. The number of hydrogen-bond acceptors (Lipinski definition) is 4. The molecule has 1 saturated carbocycles. The van der Waals surface area contributed by atoms with Gasteiger partial charge in [-0.2, -0.15) is 10.2 Å². The average Bonchev–Trinajstić information content (AvgIpc) is 3.34. The topological polar surface area (TPSA) is 52.5 Å². The molecule has 2 aliphatic heterocycles. The maximum atomic E-state index is 7.74. The first-order valence-corrected chi connectivity index (χ1v) is 10.9. The second kappa shape index (κ2) is 6.66. The summed E-state index contributed by atoms with van der Waals surface area (Å²) in [7, 11) is 0. The summed E-state index contributed by atoms with van der Waals surface area (Å²) in [5.41, 5.74) is 4.20. The molecule has 7 heteroatoms. The molecule has 0 N–H and O–H groups in total. The molecule has 6 rings (SSSR count). The number of fused-ring (bicyclic) bond motifs is 1. The van der Waals surface area contributed by atoms with Gasteiger partial charge in [-0.1, -0.05) is 0 Å². The van der Waals surface area contributed by atoms with Crippen molar-refractivity contribution in [3.05, 3.63) is 47.7 Å². The van der Waals surface area contributed by atoms with Gasteiger partial charge in [0.05, 0.1) is 55.5 Å². The van der Waals surface area contributed by atoms with Crippen LogP contribution in [0.25, 0.3) is 21.4 Å². The molecule has 0 unspecified atom stereocenters. The lowest BCUT2D eigenvalue weighted by Crippen LogP contribution is -2.61. The molecule has 3 aliphatic rings. The molecular formula is C23H26N6O. The number of benzene rings is 1. The van der Waals surface area contributed by atoms with Gasteiger partial charge in [-0.15, -0.1) is 0 Å². The number of aromatic nitrogens is 4. The van der Waals surface area contributed by atoms with Gasteiger partial charge < -0.3 is 4.74 Å². The second-order valence-corrected chi connectivity index (χ2v) is 9.30. The molecule has 4 heterocycles. The summed E-state index contributed by atoms with van der Waals surface area (Å²) in [5.74, 6) is 0.414. The molecule has 0 bridgehead atoms. The van der Waals surface area contributed by atoms with Crippen LogP contribution in [0.5, 0.6) is 0 Å². The van der Waals surface area contributed by atoms with Crippen LogP contribution < -0.4 is 0 Å². The normalized spacial score (nSPS) is 22.1. The Morgan fingerprint density at radius 1 is 1.10 bits per heavy atom. The third-order valence-corrected chi connectivity index (χ3v) is 7.11. The highest BCUT2D eigenvalue weighted by molar-refractivity contribution is 5.86. The molecule has 0 radical (unpaired) electrons. The molecule has 3 aromatic rings. The minimum Gasteiger partial charge on any atom is -0.377 e. The van der Waals surface area contributed by atoms with E-state index < -0.39 is 0 Å². The Labute approximate surface area is 176 Å². The van der Waals surface area contributed by atoms with Crippen molar-refractivity contribution >= 4 is 16.6 Å². The van der Waals surface area contributed by atoms with Crippen LogP contribution in [0.2, 0.25) is 0 Å². The van der Waals surface area contributed by atoms with Gasteiger partial charge in [-0.25, -0.2) is 9.53 Å². The second-order valence-electron chi connectivity index (χ2n) is 9.30. The molecular weight excluding hydrogens is 376 g/mol. The number of hydrogen-bond donors (Lipinski definition) is 0. The van der Waals surface area contributed by atoms with Gasteiger partial charge in [-0.05, 0) is 69.3 Å². The van der Waals surface area contributed by atoms with E-state index >= 15 is 0 Å². The van der Waals surface area contributed by atoms with Crippen LogP contribution in [0.15, 0.2) is 30.7 Å². The van der Waals surface area contributed by atoms with E-state index in [0.29, 0.717) is 12.0 Å². The lowest BCUT2D eigenvalue weighted by atomic mass is 9.85. The molecule has 0 spiro atoms. The van der Waals surface area contributed by atoms with Crippen LogP contribution >= 0.6 is 0 Å². The highest BCUT2D eigenvalue weighted by Crippen LogP contribution is 2.40. The minimum absolute atomic E-state index is 0.206. The molecule has 3 fully saturated rings.